The van der Waals surface area contributed by atoms with E-state index in [1.807, 2.05) is 24.3 Å². The molecule has 0 radical (unpaired) electrons. The van der Waals surface area contributed by atoms with Crippen LogP contribution in [0.15, 0.2) is 36.5 Å². The van der Waals surface area contributed by atoms with Gasteiger partial charge in [-0.25, -0.2) is 0 Å². The molecule has 0 aliphatic carbocycles. The molecule has 0 fully saturated rings. The number of nitrogens with two attached hydrogens (primary N) is 1. The highest BCUT2D eigenvalue weighted by Gasteiger charge is 2.05. The van der Waals surface area contributed by atoms with Crippen LogP contribution in [0.2, 0.25) is 5.02 Å². The molecule has 0 bridgehead atoms. The van der Waals surface area contributed by atoms with E-state index in [1.54, 1.807) is 12.3 Å². The smallest absolute Gasteiger partial charge is 0.238 e. The number of aromatic nitrogens is 2. The third-order valence-electron chi connectivity index (χ3n) is 2.31. The van der Waals surface area contributed by atoms with E-state index >= 15 is 0 Å². The van der Waals surface area contributed by atoms with Gasteiger partial charge >= 0.3 is 0 Å². The van der Waals surface area contributed by atoms with Crippen LogP contribution >= 0.6 is 11.6 Å². The second kappa shape index (κ2) is 5.61. The number of halogens is 1. The molecule has 0 unspecified atom stereocenters. The zero-order valence-corrected chi connectivity index (χ0v) is 9.89. The minimum atomic E-state index is 0.353. The molecular weight excluding hydrogens is 238 g/mol. The van der Waals surface area contributed by atoms with Crippen molar-refractivity contribution in [3.05, 3.63) is 52.7 Å². The van der Waals surface area contributed by atoms with E-state index in [0.29, 0.717) is 24.1 Å². The highest BCUT2D eigenvalue weighted by atomic mass is 35.5. The third-order valence-corrected chi connectivity index (χ3v) is 2.68. The zero-order valence-electron chi connectivity index (χ0n) is 9.14. The second-order valence-electron chi connectivity index (χ2n) is 3.45. The first-order valence-corrected chi connectivity index (χ1v) is 5.56. The van der Waals surface area contributed by atoms with Crippen LogP contribution in [-0.2, 0) is 13.2 Å². The summed E-state index contributed by atoms with van der Waals surface area (Å²) in [5.74, 6) is 0.454. The maximum Gasteiger partial charge on any atom is 0.238 e. The van der Waals surface area contributed by atoms with E-state index in [4.69, 9.17) is 22.1 Å². The molecule has 0 saturated heterocycles. The van der Waals surface area contributed by atoms with Crippen molar-refractivity contribution in [3.8, 4) is 5.88 Å². The van der Waals surface area contributed by atoms with Crippen molar-refractivity contribution in [3.63, 3.8) is 0 Å². The van der Waals surface area contributed by atoms with Crippen LogP contribution in [0.3, 0.4) is 0 Å². The molecule has 2 N–H and O–H groups in total. The summed E-state index contributed by atoms with van der Waals surface area (Å²) in [6.07, 6.45) is 1.59. The molecule has 2 aromatic rings. The normalized spacial score (nSPS) is 10.2. The summed E-state index contributed by atoms with van der Waals surface area (Å²) in [5.41, 5.74) is 7.31. The Morgan fingerprint density at radius 1 is 1.18 bits per heavy atom. The Bertz CT molecular complexity index is 505. The first-order chi connectivity index (χ1) is 8.31. The van der Waals surface area contributed by atoms with Gasteiger partial charge in [-0.05, 0) is 12.1 Å². The lowest BCUT2D eigenvalue weighted by atomic mass is 10.2. The SMILES string of the molecule is NCc1ccnnc1OCc1ccccc1Cl. The first-order valence-electron chi connectivity index (χ1n) is 5.18. The molecule has 88 valence electrons. The minimum Gasteiger partial charge on any atom is -0.471 e. The first kappa shape index (κ1) is 11.8. The topological polar surface area (TPSA) is 61.0 Å². The van der Waals surface area contributed by atoms with E-state index < -0.39 is 0 Å². The Hall–Kier alpha value is -1.65. The Labute approximate surface area is 104 Å². The highest BCUT2D eigenvalue weighted by molar-refractivity contribution is 6.31. The molecule has 0 aliphatic rings. The summed E-state index contributed by atoms with van der Waals surface area (Å²) in [4.78, 5) is 0. The van der Waals surface area contributed by atoms with Gasteiger partial charge in [0.05, 0.1) is 6.20 Å². The summed E-state index contributed by atoms with van der Waals surface area (Å²) in [6.45, 7) is 0.721. The van der Waals surface area contributed by atoms with Gasteiger partial charge in [0.15, 0.2) is 0 Å². The van der Waals surface area contributed by atoms with Gasteiger partial charge in [-0.1, -0.05) is 29.8 Å². The van der Waals surface area contributed by atoms with Crippen molar-refractivity contribution in [2.24, 2.45) is 5.73 Å². The number of hydrogen-bond donors (Lipinski definition) is 1. The summed E-state index contributed by atoms with van der Waals surface area (Å²) in [6, 6.07) is 9.29. The average molecular weight is 250 g/mol. The van der Waals surface area contributed by atoms with Gasteiger partial charge in [0.25, 0.3) is 0 Å². The lowest BCUT2D eigenvalue weighted by molar-refractivity contribution is 0.287. The van der Waals surface area contributed by atoms with E-state index in [2.05, 4.69) is 10.2 Å². The molecule has 0 atom stereocenters. The maximum absolute atomic E-state index is 6.02. The fourth-order valence-corrected chi connectivity index (χ4v) is 1.57. The van der Waals surface area contributed by atoms with Crippen molar-refractivity contribution in [1.29, 1.82) is 0 Å². The van der Waals surface area contributed by atoms with E-state index in [1.165, 1.54) is 0 Å². The molecular formula is C12H12ClN3O. The van der Waals surface area contributed by atoms with Gasteiger partial charge < -0.3 is 10.5 Å². The Morgan fingerprint density at radius 3 is 2.76 bits per heavy atom. The molecule has 0 saturated carbocycles. The molecule has 0 aliphatic heterocycles. The van der Waals surface area contributed by atoms with Crippen molar-refractivity contribution in [2.45, 2.75) is 13.2 Å². The molecule has 2 rings (SSSR count). The molecule has 17 heavy (non-hydrogen) atoms. The lowest BCUT2D eigenvalue weighted by Gasteiger charge is -2.08. The second-order valence-corrected chi connectivity index (χ2v) is 3.85. The van der Waals surface area contributed by atoms with E-state index in [-0.39, 0.29) is 0 Å². The molecule has 4 nitrogen and oxygen atoms in total. The van der Waals surface area contributed by atoms with Gasteiger partial charge in [-0.15, -0.1) is 5.10 Å². The number of nitrogens with zero attached hydrogens (tertiary/aromatic N) is 2. The van der Waals surface area contributed by atoms with Crippen molar-refractivity contribution < 1.29 is 4.74 Å². The van der Waals surface area contributed by atoms with Crippen molar-refractivity contribution in [1.82, 2.24) is 10.2 Å². The summed E-state index contributed by atoms with van der Waals surface area (Å²) in [5, 5.41) is 8.34. The number of hydrogen-bond acceptors (Lipinski definition) is 4. The molecule has 1 aromatic carbocycles. The molecule has 1 heterocycles. The third kappa shape index (κ3) is 2.93. The minimum absolute atomic E-state index is 0.353. The van der Waals surface area contributed by atoms with Gasteiger partial charge in [0, 0.05) is 22.7 Å². The fourth-order valence-electron chi connectivity index (χ4n) is 1.38. The summed E-state index contributed by atoms with van der Waals surface area (Å²) in [7, 11) is 0. The van der Waals surface area contributed by atoms with Crippen LogP contribution in [0.1, 0.15) is 11.1 Å². The molecule has 1 aromatic heterocycles. The van der Waals surface area contributed by atoms with E-state index in [0.717, 1.165) is 11.1 Å². The van der Waals surface area contributed by atoms with Gasteiger partial charge in [0.1, 0.15) is 6.61 Å². The number of rotatable bonds is 4. The maximum atomic E-state index is 6.02. The van der Waals surface area contributed by atoms with Crippen LogP contribution in [0.4, 0.5) is 0 Å². The highest BCUT2D eigenvalue weighted by Crippen LogP contribution is 2.18. The predicted octanol–water partition coefficient (Wildman–Crippen LogP) is 2.17. The standard InChI is InChI=1S/C12H12ClN3O/c13-11-4-2-1-3-10(11)8-17-12-9(7-14)5-6-15-16-12/h1-6H,7-8,14H2. The average Bonchev–Trinajstić information content (AvgIpc) is 2.38. The van der Waals surface area contributed by atoms with Crippen LogP contribution < -0.4 is 10.5 Å². The van der Waals surface area contributed by atoms with Crippen molar-refractivity contribution in [2.75, 3.05) is 0 Å². The summed E-state index contributed by atoms with van der Waals surface area (Å²) >= 11 is 6.02. The monoisotopic (exact) mass is 249 g/mol. The predicted molar refractivity (Wildman–Crippen MR) is 65.7 cm³/mol. The van der Waals surface area contributed by atoms with Crippen LogP contribution in [-0.4, -0.2) is 10.2 Å². The Balaban J connectivity index is 2.10. The fraction of sp³-hybridized carbons (Fsp3) is 0.167. The van der Waals surface area contributed by atoms with Crippen LogP contribution in [0, 0.1) is 0 Å². The van der Waals surface area contributed by atoms with Gasteiger partial charge in [-0.2, -0.15) is 5.10 Å². The molecule has 5 heteroatoms. The Kier molecular flexibility index (Phi) is 3.90. The number of benzene rings is 1. The Morgan fingerprint density at radius 2 is 2.00 bits per heavy atom. The van der Waals surface area contributed by atoms with Crippen LogP contribution in [0.25, 0.3) is 0 Å². The largest absolute Gasteiger partial charge is 0.471 e. The van der Waals surface area contributed by atoms with Crippen LogP contribution in [0.5, 0.6) is 5.88 Å². The summed E-state index contributed by atoms with van der Waals surface area (Å²) < 4.78 is 5.56. The quantitative estimate of drug-likeness (QED) is 0.902. The molecule has 0 amide bonds. The van der Waals surface area contributed by atoms with Crippen molar-refractivity contribution >= 4 is 11.6 Å². The van der Waals surface area contributed by atoms with Gasteiger partial charge in [0.2, 0.25) is 5.88 Å². The van der Waals surface area contributed by atoms with E-state index in [9.17, 15) is 0 Å². The number of ether oxygens (including phenoxy) is 1. The zero-order chi connectivity index (χ0) is 12.1. The lowest BCUT2D eigenvalue weighted by Crippen LogP contribution is -2.05. The molecule has 0 spiro atoms. The van der Waals surface area contributed by atoms with Gasteiger partial charge in [-0.3, -0.25) is 0 Å².